The first kappa shape index (κ1) is 15.7. The normalized spacial score (nSPS) is 26.5. The van der Waals surface area contributed by atoms with E-state index in [1.165, 1.54) is 36.4 Å². The molecule has 1 fully saturated rings. The second-order valence-corrected chi connectivity index (χ2v) is 7.92. The van der Waals surface area contributed by atoms with Crippen molar-refractivity contribution in [1.82, 2.24) is 0 Å². The van der Waals surface area contributed by atoms with E-state index in [1.54, 1.807) is 12.1 Å². The van der Waals surface area contributed by atoms with Gasteiger partial charge in [-0.2, -0.15) is 5.26 Å². The van der Waals surface area contributed by atoms with E-state index < -0.39 is 32.4 Å². The summed E-state index contributed by atoms with van der Waals surface area (Å²) in [5, 5.41) is 8.33. The van der Waals surface area contributed by atoms with Crippen LogP contribution in [-0.4, -0.2) is 19.2 Å². The molecular formula is C17H15FN2O2S. The summed E-state index contributed by atoms with van der Waals surface area (Å²) in [5.41, 5.74) is 6.02. The Labute approximate surface area is 134 Å². The lowest BCUT2D eigenvalue weighted by Gasteiger charge is -2.05. The molecule has 0 bridgehead atoms. The summed E-state index contributed by atoms with van der Waals surface area (Å²) in [6, 6.07) is 13.8. The zero-order chi connectivity index (χ0) is 16.8. The first-order chi connectivity index (χ1) is 10.8. The van der Waals surface area contributed by atoms with Crippen LogP contribution in [0.3, 0.4) is 0 Å². The number of nitrogens with two attached hydrogens (primary N) is 1. The molecule has 1 aliphatic rings. The molecule has 1 aliphatic carbocycles. The highest BCUT2D eigenvalue weighted by molar-refractivity contribution is 7.92. The number of aryl methyl sites for hydroxylation is 1. The van der Waals surface area contributed by atoms with E-state index in [4.69, 9.17) is 5.73 Å². The molecule has 3 rings (SSSR count). The first-order valence-corrected chi connectivity index (χ1v) is 8.61. The summed E-state index contributed by atoms with van der Waals surface area (Å²) in [6.45, 7) is 1.86. The van der Waals surface area contributed by atoms with Gasteiger partial charge in [0.1, 0.15) is 16.6 Å². The topological polar surface area (TPSA) is 83.9 Å². The van der Waals surface area contributed by atoms with Crippen molar-refractivity contribution in [2.75, 3.05) is 0 Å². The van der Waals surface area contributed by atoms with Crippen molar-refractivity contribution in [3.63, 3.8) is 0 Å². The van der Waals surface area contributed by atoms with Crippen LogP contribution in [0.5, 0.6) is 0 Å². The fourth-order valence-corrected chi connectivity index (χ4v) is 5.12. The maximum absolute atomic E-state index is 13.1. The van der Waals surface area contributed by atoms with Crippen LogP contribution in [0.2, 0.25) is 0 Å². The molecular weight excluding hydrogens is 315 g/mol. The van der Waals surface area contributed by atoms with Gasteiger partial charge < -0.3 is 5.73 Å². The summed E-state index contributed by atoms with van der Waals surface area (Å²) in [5.74, 6) is -1.09. The van der Waals surface area contributed by atoms with E-state index in [2.05, 4.69) is 0 Å². The molecule has 0 saturated heterocycles. The molecule has 23 heavy (non-hydrogen) atoms. The zero-order valence-corrected chi connectivity index (χ0v) is 13.2. The van der Waals surface area contributed by atoms with Crippen molar-refractivity contribution >= 4 is 9.84 Å². The molecule has 118 valence electrons. The number of halogens is 1. The van der Waals surface area contributed by atoms with Gasteiger partial charge in [0.05, 0.1) is 11.0 Å². The molecule has 2 N–H and O–H groups in total. The fraction of sp³-hybridized carbons (Fsp3) is 0.235. The molecule has 0 amide bonds. The molecule has 3 atom stereocenters. The van der Waals surface area contributed by atoms with Crippen LogP contribution in [0, 0.1) is 24.1 Å². The Morgan fingerprint density at radius 2 is 1.70 bits per heavy atom. The minimum Gasteiger partial charge on any atom is -0.312 e. The Kier molecular flexibility index (Phi) is 3.51. The third-order valence-corrected chi connectivity index (χ3v) is 6.55. The lowest BCUT2D eigenvalue weighted by molar-refractivity contribution is 0.592. The average molecular weight is 330 g/mol. The summed E-state index contributed by atoms with van der Waals surface area (Å²) in [7, 11) is -3.75. The van der Waals surface area contributed by atoms with Crippen LogP contribution >= 0.6 is 0 Å². The van der Waals surface area contributed by atoms with E-state index in [-0.39, 0.29) is 4.90 Å². The SMILES string of the molecule is Cc1ccc(S(=O)(=O)[C@@H]2[C@H](c3ccc(F)cc3)[C@]2(N)C#N)cc1. The standard InChI is InChI=1S/C17H15FN2O2S/c1-11-2-8-14(9-3-11)23(21,22)16-15(17(16,20)10-19)12-4-6-13(18)7-5-12/h2-9,15-16H,20H2,1H3/t15-,16+,17+/m0/s1. The van der Waals surface area contributed by atoms with Gasteiger partial charge in [-0.3, -0.25) is 0 Å². The number of benzene rings is 2. The Morgan fingerprint density at radius 1 is 1.13 bits per heavy atom. The summed E-state index contributed by atoms with van der Waals surface area (Å²) in [4.78, 5) is 0.141. The maximum atomic E-state index is 13.1. The molecule has 4 nitrogen and oxygen atoms in total. The minimum atomic E-state index is -3.75. The van der Waals surface area contributed by atoms with Crippen molar-refractivity contribution < 1.29 is 12.8 Å². The number of rotatable bonds is 3. The average Bonchev–Trinajstić information content (AvgIpc) is 3.16. The van der Waals surface area contributed by atoms with Crippen LogP contribution in [0.4, 0.5) is 4.39 Å². The fourth-order valence-electron chi connectivity index (χ4n) is 2.94. The molecule has 6 heteroatoms. The van der Waals surface area contributed by atoms with Gasteiger partial charge in [-0.15, -0.1) is 0 Å². The van der Waals surface area contributed by atoms with Crippen molar-refractivity contribution in [2.24, 2.45) is 5.73 Å². The largest absolute Gasteiger partial charge is 0.312 e. The number of nitriles is 1. The Morgan fingerprint density at radius 3 is 2.22 bits per heavy atom. The van der Waals surface area contributed by atoms with E-state index in [1.807, 2.05) is 13.0 Å². The second kappa shape index (κ2) is 5.15. The molecule has 0 aromatic heterocycles. The first-order valence-electron chi connectivity index (χ1n) is 7.07. The summed E-state index contributed by atoms with van der Waals surface area (Å²) >= 11 is 0. The maximum Gasteiger partial charge on any atom is 0.184 e. The third-order valence-electron chi connectivity index (χ3n) is 4.29. The predicted octanol–water partition coefficient (Wildman–Crippen LogP) is 2.29. The van der Waals surface area contributed by atoms with E-state index in [0.717, 1.165) is 5.56 Å². The van der Waals surface area contributed by atoms with Crippen molar-refractivity contribution in [2.45, 2.75) is 28.5 Å². The van der Waals surface area contributed by atoms with Gasteiger partial charge in [-0.1, -0.05) is 29.8 Å². The van der Waals surface area contributed by atoms with E-state index in [9.17, 15) is 18.1 Å². The third kappa shape index (κ3) is 2.42. The predicted molar refractivity (Wildman–Crippen MR) is 83.8 cm³/mol. The summed E-state index contributed by atoms with van der Waals surface area (Å²) < 4.78 is 38.7. The van der Waals surface area contributed by atoms with Gasteiger partial charge in [0.15, 0.2) is 9.84 Å². The van der Waals surface area contributed by atoms with Gasteiger partial charge in [0, 0.05) is 5.92 Å². The molecule has 0 spiro atoms. The lowest BCUT2D eigenvalue weighted by Crippen LogP contribution is -2.29. The quantitative estimate of drug-likeness (QED) is 0.936. The van der Waals surface area contributed by atoms with Crippen molar-refractivity contribution in [3.8, 4) is 6.07 Å². The molecule has 0 aliphatic heterocycles. The highest BCUT2D eigenvalue weighted by Crippen LogP contribution is 2.55. The van der Waals surface area contributed by atoms with Gasteiger partial charge in [-0.05, 0) is 36.8 Å². The van der Waals surface area contributed by atoms with Gasteiger partial charge in [0.2, 0.25) is 0 Å². The second-order valence-electron chi connectivity index (χ2n) is 5.85. The lowest BCUT2D eigenvalue weighted by atomic mass is 10.1. The highest BCUT2D eigenvalue weighted by Gasteiger charge is 2.70. The van der Waals surface area contributed by atoms with Crippen LogP contribution < -0.4 is 5.73 Å². The van der Waals surface area contributed by atoms with Crippen LogP contribution in [0.25, 0.3) is 0 Å². The Bertz CT molecular complexity index is 886. The van der Waals surface area contributed by atoms with Crippen LogP contribution in [-0.2, 0) is 9.84 Å². The summed E-state index contributed by atoms with van der Waals surface area (Å²) in [6.07, 6.45) is 0. The van der Waals surface area contributed by atoms with Gasteiger partial charge >= 0.3 is 0 Å². The van der Waals surface area contributed by atoms with Crippen molar-refractivity contribution in [1.29, 1.82) is 5.26 Å². The molecule has 2 aromatic carbocycles. The Balaban J connectivity index is 2.03. The van der Waals surface area contributed by atoms with Crippen LogP contribution in [0.15, 0.2) is 53.4 Å². The molecule has 1 saturated carbocycles. The van der Waals surface area contributed by atoms with Crippen molar-refractivity contribution in [3.05, 3.63) is 65.5 Å². The molecule has 0 unspecified atom stereocenters. The molecule has 2 aromatic rings. The monoisotopic (exact) mass is 330 g/mol. The number of nitrogens with zero attached hydrogens (tertiary/aromatic N) is 1. The number of hydrogen-bond donors (Lipinski definition) is 1. The van der Waals surface area contributed by atoms with E-state index >= 15 is 0 Å². The number of hydrogen-bond acceptors (Lipinski definition) is 4. The Hall–Kier alpha value is -2.23. The van der Waals surface area contributed by atoms with Crippen LogP contribution in [0.1, 0.15) is 17.0 Å². The van der Waals surface area contributed by atoms with E-state index in [0.29, 0.717) is 5.56 Å². The molecule has 0 radical (unpaired) electrons. The highest BCUT2D eigenvalue weighted by atomic mass is 32.2. The van der Waals surface area contributed by atoms with Gasteiger partial charge in [0.25, 0.3) is 0 Å². The van der Waals surface area contributed by atoms with Gasteiger partial charge in [-0.25, -0.2) is 12.8 Å². The smallest absolute Gasteiger partial charge is 0.184 e. The minimum absolute atomic E-state index is 0.141. The number of sulfone groups is 1. The molecule has 0 heterocycles. The zero-order valence-electron chi connectivity index (χ0n) is 12.4.